The van der Waals surface area contributed by atoms with E-state index in [9.17, 15) is 0 Å². The minimum atomic E-state index is 0.553. The van der Waals surface area contributed by atoms with Gasteiger partial charge in [-0.1, -0.05) is 13.3 Å². The van der Waals surface area contributed by atoms with Crippen LogP contribution >= 0.6 is 0 Å². The van der Waals surface area contributed by atoms with Crippen LogP contribution in [0.25, 0.3) is 0 Å². The van der Waals surface area contributed by atoms with Gasteiger partial charge in [-0.25, -0.2) is 4.98 Å². The molecule has 1 heterocycles. The molecule has 0 spiro atoms. The maximum absolute atomic E-state index is 4.32. The fourth-order valence-corrected chi connectivity index (χ4v) is 2.05. The molecule has 13 heavy (non-hydrogen) atoms. The second-order valence-electron chi connectivity index (χ2n) is 4.71. The largest absolute Gasteiger partial charge is 0.334 e. The fourth-order valence-electron chi connectivity index (χ4n) is 2.05. The summed E-state index contributed by atoms with van der Waals surface area (Å²) >= 11 is 0. The van der Waals surface area contributed by atoms with Crippen LogP contribution in [-0.2, 0) is 6.54 Å². The lowest BCUT2D eigenvalue weighted by molar-refractivity contribution is 0.131. The SMILES string of the molecule is Cc1ncn(CC2(C)CCC2)c1C. The molecule has 0 aromatic carbocycles. The number of rotatable bonds is 2. The minimum absolute atomic E-state index is 0.553. The normalized spacial score (nSPS) is 19.9. The molecular weight excluding hydrogens is 160 g/mol. The molecule has 0 N–H and O–H groups in total. The van der Waals surface area contributed by atoms with Gasteiger partial charge >= 0.3 is 0 Å². The molecule has 1 fully saturated rings. The van der Waals surface area contributed by atoms with E-state index in [4.69, 9.17) is 0 Å². The van der Waals surface area contributed by atoms with Gasteiger partial charge in [0.05, 0.1) is 12.0 Å². The Bertz CT molecular complexity index is 308. The number of imidazole rings is 1. The fraction of sp³-hybridized carbons (Fsp3) is 0.727. The first-order valence-electron chi connectivity index (χ1n) is 5.09. The summed E-state index contributed by atoms with van der Waals surface area (Å²) < 4.78 is 2.30. The van der Waals surface area contributed by atoms with E-state index in [-0.39, 0.29) is 0 Å². The molecule has 0 aliphatic heterocycles. The van der Waals surface area contributed by atoms with E-state index in [2.05, 4.69) is 30.3 Å². The maximum atomic E-state index is 4.32. The smallest absolute Gasteiger partial charge is 0.0951 e. The van der Waals surface area contributed by atoms with E-state index in [1.165, 1.54) is 30.7 Å². The summed E-state index contributed by atoms with van der Waals surface area (Å²) in [6.07, 6.45) is 6.14. The van der Waals surface area contributed by atoms with Crippen molar-refractivity contribution in [2.24, 2.45) is 5.41 Å². The molecule has 1 aromatic rings. The van der Waals surface area contributed by atoms with Crippen LogP contribution in [0.15, 0.2) is 6.33 Å². The molecule has 1 aliphatic carbocycles. The lowest BCUT2D eigenvalue weighted by atomic mass is 9.70. The minimum Gasteiger partial charge on any atom is -0.334 e. The Labute approximate surface area is 80.0 Å². The lowest BCUT2D eigenvalue weighted by Gasteiger charge is -2.38. The summed E-state index contributed by atoms with van der Waals surface area (Å²) in [5.74, 6) is 0. The molecule has 0 saturated heterocycles. The molecule has 1 aliphatic rings. The highest BCUT2D eigenvalue weighted by molar-refractivity contribution is 5.09. The van der Waals surface area contributed by atoms with Crippen LogP contribution in [-0.4, -0.2) is 9.55 Å². The second kappa shape index (κ2) is 2.86. The molecule has 0 amide bonds. The quantitative estimate of drug-likeness (QED) is 0.681. The molecule has 2 rings (SSSR count). The first kappa shape index (κ1) is 8.79. The Morgan fingerprint density at radius 2 is 2.15 bits per heavy atom. The van der Waals surface area contributed by atoms with Gasteiger partial charge in [-0.15, -0.1) is 0 Å². The number of nitrogens with zero attached hydrogens (tertiary/aromatic N) is 2. The Morgan fingerprint density at radius 1 is 1.46 bits per heavy atom. The third kappa shape index (κ3) is 1.50. The average molecular weight is 178 g/mol. The highest BCUT2D eigenvalue weighted by Crippen LogP contribution is 2.41. The number of aromatic nitrogens is 2. The van der Waals surface area contributed by atoms with Crippen LogP contribution < -0.4 is 0 Å². The molecular formula is C11H18N2. The third-order valence-corrected chi connectivity index (χ3v) is 3.46. The predicted octanol–water partition coefficient (Wildman–Crippen LogP) is 2.69. The monoisotopic (exact) mass is 178 g/mol. The Kier molecular flexibility index (Phi) is 1.94. The van der Waals surface area contributed by atoms with Gasteiger partial charge in [0, 0.05) is 12.2 Å². The van der Waals surface area contributed by atoms with Crippen LogP contribution in [0.2, 0.25) is 0 Å². The lowest BCUT2D eigenvalue weighted by Crippen LogP contribution is -2.30. The van der Waals surface area contributed by atoms with Crippen LogP contribution in [0.5, 0.6) is 0 Å². The van der Waals surface area contributed by atoms with E-state index in [1.807, 2.05) is 6.33 Å². The molecule has 1 aromatic heterocycles. The summed E-state index contributed by atoms with van der Waals surface area (Å²) in [5, 5.41) is 0. The number of hydrogen-bond acceptors (Lipinski definition) is 1. The third-order valence-electron chi connectivity index (χ3n) is 3.46. The van der Waals surface area contributed by atoms with Crippen LogP contribution in [0.3, 0.4) is 0 Å². The van der Waals surface area contributed by atoms with Gasteiger partial charge in [0.15, 0.2) is 0 Å². The van der Waals surface area contributed by atoms with Gasteiger partial charge in [0.25, 0.3) is 0 Å². The van der Waals surface area contributed by atoms with Crippen LogP contribution in [0.1, 0.15) is 37.6 Å². The van der Waals surface area contributed by atoms with E-state index < -0.39 is 0 Å². The Morgan fingerprint density at radius 3 is 2.54 bits per heavy atom. The van der Waals surface area contributed by atoms with Gasteiger partial charge in [-0.3, -0.25) is 0 Å². The second-order valence-corrected chi connectivity index (χ2v) is 4.71. The molecule has 2 nitrogen and oxygen atoms in total. The van der Waals surface area contributed by atoms with Crippen molar-refractivity contribution in [2.45, 2.75) is 46.6 Å². The summed E-state index contributed by atoms with van der Waals surface area (Å²) in [5.41, 5.74) is 3.05. The molecule has 0 atom stereocenters. The molecule has 2 heteroatoms. The van der Waals surface area contributed by atoms with Gasteiger partial charge < -0.3 is 4.57 Å². The van der Waals surface area contributed by atoms with Crippen molar-refractivity contribution < 1.29 is 0 Å². The Balaban J connectivity index is 2.13. The summed E-state index contributed by atoms with van der Waals surface area (Å²) in [4.78, 5) is 4.32. The Hall–Kier alpha value is -0.790. The molecule has 72 valence electrons. The summed E-state index contributed by atoms with van der Waals surface area (Å²) in [7, 11) is 0. The summed E-state index contributed by atoms with van der Waals surface area (Å²) in [6, 6.07) is 0. The number of hydrogen-bond donors (Lipinski definition) is 0. The zero-order valence-electron chi connectivity index (χ0n) is 8.80. The van der Waals surface area contributed by atoms with Crippen LogP contribution in [0, 0.1) is 19.3 Å². The highest BCUT2D eigenvalue weighted by Gasteiger charge is 2.32. The van der Waals surface area contributed by atoms with Crippen LogP contribution in [0.4, 0.5) is 0 Å². The number of aryl methyl sites for hydroxylation is 1. The summed E-state index contributed by atoms with van der Waals surface area (Å²) in [6.45, 7) is 7.77. The standard InChI is InChI=1S/C11H18N2/c1-9-10(2)13(8-12-9)7-11(3)5-4-6-11/h8H,4-7H2,1-3H3. The first-order valence-corrected chi connectivity index (χ1v) is 5.09. The molecule has 0 radical (unpaired) electrons. The van der Waals surface area contributed by atoms with Crippen molar-refractivity contribution in [3.05, 3.63) is 17.7 Å². The average Bonchev–Trinajstić information content (AvgIpc) is 2.33. The van der Waals surface area contributed by atoms with Crippen molar-refractivity contribution in [1.29, 1.82) is 0 Å². The van der Waals surface area contributed by atoms with Crippen molar-refractivity contribution in [3.8, 4) is 0 Å². The van der Waals surface area contributed by atoms with Crippen molar-refractivity contribution in [1.82, 2.24) is 9.55 Å². The van der Waals surface area contributed by atoms with Gasteiger partial charge in [-0.05, 0) is 32.1 Å². The van der Waals surface area contributed by atoms with Crippen molar-refractivity contribution in [2.75, 3.05) is 0 Å². The van der Waals surface area contributed by atoms with E-state index in [0.717, 1.165) is 6.54 Å². The van der Waals surface area contributed by atoms with Crippen molar-refractivity contribution in [3.63, 3.8) is 0 Å². The van der Waals surface area contributed by atoms with E-state index in [0.29, 0.717) is 5.41 Å². The van der Waals surface area contributed by atoms with E-state index >= 15 is 0 Å². The zero-order valence-corrected chi connectivity index (χ0v) is 8.80. The highest BCUT2D eigenvalue weighted by atomic mass is 15.1. The van der Waals surface area contributed by atoms with E-state index in [1.54, 1.807) is 0 Å². The zero-order chi connectivity index (χ0) is 9.47. The predicted molar refractivity (Wildman–Crippen MR) is 53.7 cm³/mol. The van der Waals surface area contributed by atoms with Gasteiger partial charge in [0.1, 0.15) is 0 Å². The topological polar surface area (TPSA) is 17.8 Å². The molecule has 0 unspecified atom stereocenters. The first-order chi connectivity index (χ1) is 6.11. The van der Waals surface area contributed by atoms with Gasteiger partial charge in [-0.2, -0.15) is 0 Å². The van der Waals surface area contributed by atoms with Gasteiger partial charge in [0.2, 0.25) is 0 Å². The maximum Gasteiger partial charge on any atom is 0.0951 e. The molecule has 1 saturated carbocycles. The van der Waals surface area contributed by atoms with Crippen molar-refractivity contribution >= 4 is 0 Å². The molecule has 0 bridgehead atoms.